The Kier molecular flexibility index (Phi) is 2.15. The van der Waals surface area contributed by atoms with Crippen LogP contribution in [0.3, 0.4) is 0 Å². The summed E-state index contributed by atoms with van der Waals surface area (Å²) in [6, 6.07) is 5.45. The number of alkyl halides is 2. The summed E-state index contributed by atoms with van der Waals surface area (Å²) < 4.78 is 27.0. The number of anilines is 1. The van der Waals surface area contributed by atoms with Crippen LogP contribution in [0.2, 0.25) is 0 Å². The molecule has 0 fully saturated rings. The molecule has 6 heteroatoms. The zero-order valence-electron chi connectivity index (χ0n) is 8.11. The third-order valence-corrected chi connectivity index (χ3v) is 2.36. The lowest BCUT2D eigenvalue weighted by Crippen LogP contribution is -2.40. The Labute approximate surface area is 89.6 Å². The van der Waals surface area contributed by atoms with Crippen molar-refractivity contribution < 1.29 is 18.4 Å². The van der Waals surface area contributed by atoms with Crippen LogP contribution in [0.1, 0.15) is 5.56 Å². The van der Waals surface area contributed by atoms with Crippen molar-refractivity contribution in [2.75, 3.05) is 11.4 Å². The number of fused-ring (bicyclic) bond motifs is 1. The predicted molar refractivity (Wildman–Crippen MR) is 51.9 cm³/mol. The van der Waals surface area contributed by atoms with Gasteiger partial charge in [-0.05, 0) is 6.07 Å². The van der Waals surface area contributed by atoms with Crippen molar-refractivity contribution in [1.82, 2.24) is 0 Å². The zero-order valence-corrected chi connectivity index (χ0v) is 8.11. The minimum atomic E-state index is -3.58. The molecule has 0 saturated carbocycles. The van der Waals surface area contributed by atoms with E-state index in [1.807, 2.05) is 0 Å². The molecule has 0 aliphatic carbocycles. The number of hydrogen-bond donors (Lipinski definition) is 1. The molecular formula is C10H8F2N2O2. The molecule has 16 heavy (non-hydrogen) atoms. The largest absolute Gasteiger partial charge is 0.368 e. The van der Waals surface area contributed by atoms with E-state index in [-0.39, 0.29) is 11.3 Å². The molecule has 1 aliphatic heterocycles. The summed E-state index contributed by atoms with van der Waals surface area (Å²) in [5.74, 6) is -5.82. The number of carbonyl (C=O) groups excluding carboxylic acids is 2. The van der Waals surface area contributed by atoms with Crippen LogP contribution in [0.15, 0.2) is 24.3 Å². The van der Waals surface area contributed by atoms with Crippen LogP contribution in [0.4, 0.5) is 14.5 Å². The summed E-state index contributed by atoms with van der Waals surface area (Å²) in [5, 5.41) is 0. The number of carbonyl (C=O) groups is 2. The minimum Gasteiger partial charge on any atom is -0.368 e. The van der Waals surface area contributed by atoms with Gasteiger partial charge in [0.15, 0.2) is 0 Å². The third-order valence-electron chi connectivity index (χ3n) is 2.36. The second-order valence-corrected chi connectivity index (χ2v) is 3.45. The van der Waals surface area contributed by atoms with E-state index in [1.165, 1.54) is 18.2 Å². The molecular weight excluding hydrogens is 218 g/mol. The number of nitrogens with zero attached hydrogens (tertiary/aromatic N) is 1. The smallest absolute Gasteiger partial charge is 0.352 e. The van der Waals surface area contributed by atoms with Crippen LogP contribution >= 0.6 is 0 Å². The van der Waals surface area contributed by atoms with Gasteiger partial charge < -0.3 is 5.73 Å². The Balaban J connectivity index is 2.51. The number of rotatable bonds is 2. The molecule has 2 N–H and O–H groups in total. The van der Waals surface area contributed by atoms with Gasteiger partial charge in [-0.1, -0.05) is 18.2 Å². The summed E-state index contributed by atoms with van der Waals surface area (Å²) in [6.45, 7) is -0.536. The highest BCUT2D eigenvalue weighted by atomic mass is 19.3. The van der Waals surface area contributed by atoms with E-state index in [0.29, 0.717) is 4.90 Å². The highest BCUT2D eigenvalue weighted by Crippen LogP contribution is 2.43. The van der Waals surface area contributed by atoms with Crippen molar-refractivity contribution in [3.8, 4) is 0 Å². The maximum Gasteiger partial charge on any atom is 0.352 e. The molecule has 1 aliphatic rings. The van der Waals surface area contributed by atoms with Gasteiger partial charge in [0.05, 0.1) is 11.3 Å². The van der Waals surface area contributed by atoms with Gasteiger partial charge in [-0.2, -0.15) is 8.78 Å². The summed E-state index contributed by atoms with van der Waals surface area (Å²) in [5.41, 5.74) is 4.55. The van der Waals surface area contributed by atoms with E-state index < -0.39 is 24.3 Å². The van der Waals surface area contributed by atoms with Gasteiger partial charge in [0.25, 0.3) is 0 Å². The Morgan fingerprint density at radius 3 is 2.62 bits per heavy atom. The van der Waals surface area contributed by atoms with Crippen LogP contribution < -0.4 is 10.6 Å². The van der Waals surface area contributed by atoms with Gasteiger partial charge in [0, 0.05) is 0 Å². The normalized spacial score (nSPS) is 17.4. The van der Waals surface area contributed by atoms with E-state index in [9.17, 15) is 18.4 Å². The molecule has 0 saturated heterocycles. The van der Waals surface area contributed by atoms with Crippen molar-refractivity contribution >= 4 is 17.5 Å². The number of benzene rings is 1. The summed E-state index contributed by atoms with van der Waals surface area (Å²) >= 11 is 0. The fourth-order valence-electron chi connectivity index (χ4n) is 1.68. The lowest BCUT2D eigenvalue weighted by Gasteiger charge is -2.14. The number of para-hydroxylation sites is 1. The van der Waals surface area contributed by atoms with Crippen LogP contribution in [0.25, 0.3) is 0 Å². The SMILES string of the molecule is NC(=O)CN1C(=O)C(F)(F)c2ccccc21. The molecule has 84 valence electrons. The Morgan fingerprint density at radius 1 is 1.38 bits per heavy atom. The quantitative estimate of drug-likeness (QED) is 0.803. The van der Waals surface area contributed by atoms with Gasteiger partial charge in [0.1, 0.15) is 6.54 Å². The van der Waals surface area contributed by atoms with Gasteiger partial charge in [-0.15, -0.1) is 0 Å². The highest BCUT2D eigenvalue weighted by Gasteiger charge is 2.52. The predicted octanol–water partition coefficient (Wildman–Crippen LogP) is 0.610. The van der Waals surface area contributed by atoms with Crippen molar-refractivity contribution in [3.63, 3.8) is 0 Å². The van der Waals surface area contributed by atoms with Crippen LogP contribution in [-0.2, 0) is 15.5 Å². The lowest BCUT2D eigenvalue weighted by atomic mass is 10.1. The molecule has 0 unspecified atom stereocenters. The molecule has 2 rings (SSSR count). The molecule has 0 spiro atoms. The monoisotopic (exact) mass is 226 g/mol. The first kappa shape index (κ1) is 10.5. The van der Waals surface area contributed by atoms with Crippen molar-refractivity contribution in [2.24, 2.45) is 5.73 Å². The fraction of sp³-hybridized carbons (Fsp3) is 0.200. The van der Waals surface area contributed by atoms with Gasteiger partial charge in [-0.3, -0.25) is 14.5 Å². The summed E-state index contributed by atoms with van der Waals surface area (Å²) in [4.78, 5) is 22.8. The molecule has 1 heterocycles. The Morgan fingerprint density at radius 2 is 2.00 bits per heavy atom. The summed E-state index contributed by atoms with van der Waals surface area (Å²) in [7, 11) is 0. The van der Waals surface area contributed by atoms with Crippen molar-refractivity contribution in [3.05, 3.63) is 29.8 Å². The molecule has 1 aromatic rings. The van der Waals surface area contributed by atoms with Crippen molar-refractivity contribution in [1.29, 1.82) is 0 Å². The maximum atomic E-state index is 13.5. The number of amides is 2. The van der Waals surface area contributed by atoms with Gasteiger partial charge in [0.2, 0.25) is 5.91 Å². The zero-order chi connectivity index (χ0) is 11.9. The first-order chi connectivity index (χ1) is 7.44. The first-order valence-corrected chi connectivity index (χ1v) is 4.52. The minimum absolute atomic E-state index is 0.0382. The summed E-state index contributed by atoms with van der Waals surface area (Å²) in [6.07, 6.45) is 0. The van der Waals surface area contributed by atoms with E-state index in [0.717, 1.165) is 6.07 Å². The Hall–Kier alpha value is -1.98. The number of hydrogen-bond acceptors (Lipinski definition) is 2. The Bertz CT molecular complexity index is 474. The van der Waals surface area contributed by atoms with Gasteiger partial charge in [-0.25, -0.2) is 0 Å². The highest BCUT2D eigenvalue weighted by molar-refractivity contribution is 6.08. The first-order valence-electron chi connectivity index (χ1n) is 4.52. The average Bonchev–Trinajstić information content (AvgIpc) is 2.41. The molecule has 0 bridgehead atoms. The molecule has 0 radical (unpaired) electrons. The van der Waals surface area contributed by atoms with Crippen molar-refractivity contribution in [2.45, 2.75) is 5.92 Å². The molecule has 2 amide bonds. The van der Waals surface area contributed by atoms with Crippen LogP contribution in [-0.4, -0.2) is 18.4 Å². The average molecular weight is 226 g/mol. The third kappa shape index (κ3) is 1.34. The van der Waals surface area contributed by atoms with E-state index >= 15 is 0 Å². The topological polar surface area (TPSA) is 63.4 Å². The van der Waals surface area contributed by atoms with E-state index in [1.54, 1.807) is 0 Å². The lowest BCUT2D eigenvalue weighted by molar-refractivity contribution is -0.142. The second kappa shape index (κ2) is 3.26. The molecule has 0 aromatic heterocycles. The van der Waals surface area contributed by atoms with Crippen LogP contribution in [0, 0.1) is 0 Å². The molecule has 0 atom stereocenters. The number of primary amides is 1. The fourth-order valence-corrected chi connectivity index (χ4v) is 1.68. The van der Waals surface area contributed by atoms with Gasteiger partial charge >= 0.3 is 11.8 Å². The number of nitrogens with two attached hydrogens (primary N) is 1. The molecule has 1 aromatic carbocycles. The molecule has 4 nitrogen and oxygen atoms in total. The van der Waals surface area contributed by atoms with E-state index in [2.05, 4.69) is 0 Å². The maximum absolute atomic E-state index is 13.5. The second-order valence-electron chi connectivity index (χ2n) is 3.45. The van der Waals surface area contributed by atoms with Crippen LogP contribution in [0.5, 0.6) is 0 Å². The van der Waals surface area contributed by atoms with E-state index in [4.69, 9.17) is 5.73 Å². The standard InChI is InChI=1S/C10H8F2N2O2/c11-10(12)6-3-1-2-4-7(6)14(9(10)16)5-8(13)15/h1-4H,5H2,(H2,13,15). The number of halogens is 2.